The van der Waals surface area contributed by atoms with Crippen molar-refractivity contribution in [3.63, 3.8) is 0 Å². The van der Waals surface area contributed by atoms with Crippen LogP contribution in [0.15, 0.2) is 11.8 Å². The van der Waals surface area contributed by atoms with Crippen LogP contribution in [0.5, 0.6) is 0 Å². The molecular formula is C16H32O. The van der Waals surface area contributed by atoms with Gasteiger partial charge in [0.25, 0.3) is 0 Å². The minimum absolute atomic E-state index is 1.10. The van der Waals surface area contributed by atoms with E-state index in [1.165, 1.54) is 76.0 Å². The summed E-state index contributed by atoms with van der Waals surface area (Å²) in [5, 5.41) is 9.16. The van der Waals surface area contributed by atoms with Gasteiger partial charge < -0.3 is 5.11 Å². The Morgan fingerprint density at radius 3 is 1.59 bits per heavy atom. The van der Waals surface area contributed by atoms with Gasteiger partial charge in [0.15, 0.2) is 0 Å². The minimum atomic E-state index is 1.10. The number of hydrogen-bond acceptors (Lipinski definition) is 1. The van der Waals surface area contributed by atoms with Crippen LogP contribution in [0.4, 0.5) is 0 Å². The van der Waals surface area contributed by atoms with Crippen molar-refractivity contribution >= 4 is 0 Å². The summed E-state index contributed by atoms with van der Waals surface area (Å²) in [5.74, 6) is 0. The average molecular weight is 240 g/mol. The zero-order valence-electron chi connectivity index (χ0n) is 12.0. The van der Waals surface area contributed by atoms with E-state index >= 15 is 0 Å². The SMILES string of the molecule is CCCCCCCC/C(=C/O)CCCCCC. The highest BCUT2D eigenvalue weighted by atomic mass is 16.2. The molecule has 0 fully saturated rings. The van der Waals surface area contributed by atoms with Crippen molar-refractivity contribution in [1.82, 2.24) is 0 Å². The lowest BCUT2D eigenvalue weighted by atomic mass is 10.0. The summed E-state index contributed by atoms with van der Waals surface area (Å²) in [7, 11) is 0. The second-order valence-corrected chi connectivity index (χ2v) is 5.12. The summed E-state index contributed by atoms with van der Waals surface area (Å²) in [5.41, 5.74) is 1.26. The lowest BCUT2D eigenvalue weighted by Gasteiger charge is -2.06. The van der Waals surface area contributed by atoms with E-state index in [1.807, 2.05) is 0 Å². The number of unbranched alkanes of at least 4 members (excludes halogenated alkanes) is 8. The molecule has 1 N–H and O–H groups in total. The van der Waals surface area contributed by atoms with E-state index in [1.54, 1.807) is 0 Å². The van der Waals surface area contributed by atoms with Gasteiger partial charge in [-0.05, 0) is 31.3 Å². The molecule has 0 bridgehead atoms. The Hall–Kier alpha value is -0.460. The van der Waals surface area contributed by atoms with Crippen LogP contribution < -0.4 is 0 Å². The maximum absolute atomic E-state index is 9.16. The molecule has 0 aromatic heterocycles. The highest BCUT2D eigenvalue weighted by Crippen LogP contribution is 2.17. The molecule has 0 saturated heterocycles. The molecule has 0 heterocycles. The molecule has 0 radical (unpaired) electrons. The molecule has 1 heteroatoms. The van der Waals surface area contributed by atoms with Crippen molar-refractivity contribution in [2.45, 2.75) is 90.9 Å². The van der Waals surface area contributed by atoms with Gasteiger partial charge in [-0.25, -0.2) is 0 Å². The number of allylic oxidation sites excluding steroid dienone is 1. The number of hydrogen-bond donors (Lipinski definition) is 1. The van der Waals surface area contributed by atoms with E-state index in [-0.39, 0.29) is 0 Å². The van der Waals surface area contributed by atoms with Gasteiger partial charge in [-0.15, -0.1) is 0 Å². The van der Waals surface area contributed by atoms with E-state index < -0.39 is 0 Å². The molecule has 0 aliphatic heterocycles. The Kier molecular flexibility index (Phi) is 13.2. The number of aliphatic hydroxyl groups is 1. The first-order valence-electron chi connectivity index (χ1n) is 7.67. The molecule has 102 valence electrons. The van der Waals surface area contributed by atoms with Gasteiger partial charge in [0, 0.05) is 0 Å². The Morgan fingerprint density at radius 2 is 1.12 bits per heavy atom. The minimum Gasteiger partial charge on any atom is -0.516 e. The summed E-state index contributed by atoms with van der Waals surface area (Å²) < 4.78 is 0. The van der Waals surface area contributed by atoms with E-state index in [9.17, 15) is 0 Å². The van der Waals surface area contributed by atoms with Crippen molar-refractivity contribution < 1.29 is 5.11 Å². The molecule has 0 spiro atoms. The maximum Gasteiger partial charge on any atom is 0.0783 e. The second-order valence-electron chi connectivity index (χ2n) is 5.12. The zero-order valence-corrected chi connectivity index (χ0v) is 12.0. The summed E-state index contributed by atoms with van der Waals surface area (Å²) in [6.07, 6.45) is 16.8. The monoisotopic (exact) mass is 240 g/mol. The van der Waals surface area contributed by atoms with Gasteiger partial charge in [0.1, 0.15) is 0 Å². The molecule has 17 heavy (non-hydrogen) atoms. The molecule has 0 amide bonds. The van der Waals surface area contributed by atoms with E-state index in [0.29, 0.717) is 0 Å². The quantitative estimate of drug-likeness (QED) is 0.320. The van der Waals surface area contributed by atoms with Gasteiger partial charge in [0.05, 0.1) is 6.26 Å². The molecule has 0 atom stereocenters. The van der Waals surface area contributed by atoms with Crippen molar-refractivity contribution in [3.8, 4) is 0 Å². The molecule has 0 aliphatic carbocycles. The Labute approximate surface area is 108 Å². The van der Waals surface area contributed by atoms with Crippen LogP contribution in [0.25, 0.3) is 0 Å². The summed E-state index contributed by atoms with van der Waals surface area (Å²) in [4.78, 5) is 0. The van der Waals surface area contributed by atoms with E-state index in [0.717, 1.165) is 12.8 Å². The van der Waals surface area contributed by atoms with Crippen LogP contribution in [-0.4, -0.2) is 5.11 Å². The van der Waals surface area contributed by atoms with Gasteiger partial charge >= 0.3 is 0 Å². The third-order valence-electron chi connectivity index (χ3n) is 3.39. The molecule has 0 rings (SSSR count). The highest BCUT2D eigenvalue weighted by molar-refractivity contribution is 4.96. The first kappa shape index (κ1) is 16.5. The fourth-order valence-electron chi connectivity index (χ4n) is 2.17. The average Bonchev–Trinajstić information content (AvgIpc) is 2.36. The topological polar surface area (TPSA) is 20.2 Å². The summed E-state index contributed by atoms with van der Waals surface area (Å²) >= 11 is 0. The molecule has 0 aromatic rings. The van der Waals surface area contributed by atoms with Crippen LogP contribution in [-0.2, 0) is 0 Å². The Morgan fingerprint density at radius 1 is 0.706 bits per heavy atom. The van der Waals surface area contributed by atoms with Crippen LogP contribution in [0, 0.1) is 0 Å². The predicted octanol–water partition coefficient (Wildman–Crippen LogP) is 6.15. The van der Waals surface area contributed by atoms with Crippen LogP contribution in [0.2, 0.25) is 0 Å². The summed E-state index contributed by atoms with van der Waals surface area (Å²) in [6.45, 7) is 4.49. The van der Waals surface area contributed by atoms with Crippen molar-refractivity contribution in [3.05, 3.63) is 11.8 Å². The largest absolute Gasteiger partial charge is 0.516 e. The molecular weight excluding hydrogens is 208 g/mol. The van der Waals surface area contributed by atoms with Gasteiger partial charge in [-0.3, -0.25) is 0 Å². The Balaban J connectivity index is 3.36. The van der Waals surface area contributed by atoms with Crippen molar-refractivity contribution in [2.75, 3.05) is 0 Å². The number of aliphatic hydroxyl groups excluding tert-OH is 1. The van der Waals surface area contributed by atoms with Crippen LogP contribution in [0.1, 0.15) is 90.9 Å². The van der Waals surface area contributed by atoms with Gasteiger partial charge in [-0.2, -0.15) is 0 Å². The predicted molar refractivity (Wildman–Crippen MR) is 77.5 cm³/mol. The van der Waals surface area contributed by atoms with Crippen LogP contribution in [0.3, 0.4) is 0 Å². The lowest BCUT2D eigenvalue weighted by molar-refractivity contribution is 0.456. The van der Waals surface area contributed by atoms with Crippen molar-refractivity contribution in [1.29, 1.82) is 0 Å². The normalized spacial score (nSPS) is 12.0. The fraction of sp³-hybridized carbons (Fsp3) is 0.875. The third kappa shape index (κ3) is 11.8. The highest BCUT2D eigenvalue weighted by Gasteiger charge is 1.98. The third-order valence-corrected chi connectivity index (χ3v) is 3.39. The first-order chi connectivity index (χ1) is 8.35. The molecule has 0 saturated carbocycles. The molecule has 1 nitrogen and oxygen atoms in total. The second kappa shape index (κ2) is 13.6. The lowest BCUT2D eigenvalue weighted by Crippen LogP contribution is -1.87. The fourth-order valence-corrected chi connectivity index (χ4v) is 2.17. The van der Waals surface area contributed by atoms with E-state index in [4.69, 9.17) is 5.11 Å². The van der Waals surface area contributed by atoms with E-state index in [2.05, 4.69) is 13.8 Å². The molecule has 0 unspecified atom stereocenters. The Bertz CT molecular complexity index is 172. The number of rotatable bonds is 12. The zero-order chi connectivity index (χ0) is 12.8. The standard InChI is InChI=1S/C16H32O/c1-3-5-7-9-10-12-14-16(15-17)13-11-8-6-4-2/h15,17H,3-14H2,1-2H3/b16-15+. The van der Waals surface area contributed by atoms with Gasteiger partial charge in [-0.1, -0.05) is 65.2 Å². The first-order valence-corrected chi connectivity index (χ1v) is 7.67. The van der Waals surface area contributed by atoms with Crippen LogP contribution >= 0.6 is 0 Å². The van der Waals surface area contributed by atoms with Crippen molar-refractivity contribution in [2.24, 2.45) is 0 Å². The smallest absolute Gasteiger partial charge is 0.0783 e. The van der Waals surface area contributed by atoms with Gasteiger partial charge in [0.2, 0.25) is 0 Å². The molecule has 0 aliphatic rings. The molecule has 0 aromatic carbocycles. The maximum atomic E-state index is 9.16. The summed E-state index contributed by atoms with van der Waals surface area (Å²) in [6, 6.07) is 0.